The molecule has 0 N–H and O–H groups in total. The Morgan fingerprint density at radius 1 is 1.15 bits per heavy atom. The number of hydrogen-bond acceptors (Lipinski definition) is 4. The minimum Gasteiger partial charge on any atom is -0.336 e. The van der Waals surface area contributed by atoms with Crippen molar-refractivity contribution < 1.29 is 4.79 Å². The van der Waals surface area contributed by atoms with E-state index in [1.54, 1.807) is 0 Å². The lowest BCUT2D eigenvalue weighted by Crippen LogP contribution is -2.41. The van der Waals surface area contributed by atoms with E-state index in [9.17, 15) is 4.79 Å². The van der Waals surface area contributed by atoms with E-state index >= 15 is 0 Å². The van der Waals surface area contributed by atoms with Crippen molar-refractivity contribution in [2.75, 3.05) is 5.75 Å². The van der Waals surface area contributed by atoms with Crippen LogP contribution in [0.1, 0.15) is 51.0 Å². The first-order valence-electron chi connectivity index (χ1n) is 10.1. The summed E-state index contributed by atoms with van der Waals surface area (Å²) in [5.41, 5.74) is 2.30. The third-order valence-corrected chi connectivity index (χ3v) is 6.64. The maximum atomic E-state index is 13.0. The van der Waals surface area contributed by atoms with E-state index < -0.39 is 0 Å². The standard InChI is InChI=1S/C21H28N4OS/c1-3-24-20(18-11-7-4-8-15(18)2)22-23-21(24)27-14-19(26)25(17-12-13-17)16-9-5-6-10-16/h4,7-8,11,16-17H,3,5-6,9-10,12-14H2,1-2H3. The molecule has 2 saturated carbocycles. The van der Waals surface area contributed by atoms with Gasteiger partial charge in [-0.1, -0.05) is 48.9 Å². The summed E-state index contributed by atoms with van der Waals surface area (Å²) < 4.78 is 2.12. The average molecular weight is 385 g/mol. The molecule has 0 radical (unpaired) electrons. The Labute approximate surface area is 165 Å². The molecule has 0 unspecified atom stereocenters. The minimum absolute atomic E-state index is 0.275. The summed E-state index contributed by atoms with van der Waals surface area (Å²) in [6, 6.07) is 9.21. The molecule has 6 heteroatoms. The maximum Gasteiger partial charge on any atom is 0.233 e. The molecule has 1 aromatic carbocycles. The van der Waals surface area contributed by atoms with E-state index in [0.29, 0.717) is 17.8 Å². The van der Waals surface area contributed by atoms with Gasteiger partial charge in [-0.05, 0) is 45.1 Å². The third-order valence-electron chi connectivity index (χ3n) is 5.69. The van der Waals surface area contributed by atoms with Crippen LogP contribution in [0.15, 0.2) is 29.4 Å². The van der Waals surface area contributed by atoms with Crippen molar-refractivity contribution in [1.82, 2.24) is 19.7 Å². The van der Waals surface area contributed by atoms with Gasteiger partial charge in [0, 0.05) is 24.2 Å². The van der Waals surface area contributed by atoms with Crippen molar-refractivity contribution in [3.8, 4) is 11.4 Å². The molecule has 27 heavy (non-hydrogen) atoms. The molecule has 144 valence electrons. The zero-order valence-electron chi connectivity index (χ0n) is 16.2. The summed E-state index contributed by atoms with van der Waals surface area (Å²) in [7, 11) is 0. The molecule has 5 nitrogen and oxygen atoms in total. The van der Waals surface area contributed by atoms with Gasteiger partial charge in [-0.3, -0.25) is 4.79 Å². The number of hydrogen-bond donors (Lipinski definition) is 0. The molecule has 0 aliphatic heterocycles. The monoisotopic (exact) mass is 384 g/mol. The Morgan fingerprint density at radius 3 is 2.52 bits per heavy atom. The maximum absolute atomic E-state index is 13.0. The van der Waals surface area contributed by atoms with Gasteiger partial charge in [0.05, 0.1) is 5.75 Å². The van der Waals surface area contributed by atoms with Crippen molar-refractivity contribution in [1.29, 1.82) is 0 Å². The van der Waals surface area contributed by atoms with Gasteiger partial charge in [0.15, 0.2) is 11.0 Å². The van der Waals surface area contributed by atoms with Gasteiger partial charge < -0.3 is 9.47 Å². The average Bonchev–Trinajstić information content (AvgIpc) is 3.19. The van der Waals surface area contributed by atoms with Crippen molar-refractivity contribution in [2.45, 2.75) is 76.2 Å². The Hall–Kier alpha value is -1.82. The fourth-order valence-electron chi connectivity index (χ4n) is 4.14. The van der Waals surface area contributed by atoms with Crippen LogP contribution in [0, 0.1) is 6.92 Å². The highest BCUT2D eigenvalue weighted by Gasteiger charge is 2.38. The van der Waals surface area contributed by atoms with Crippen LogP contribution in [0.25, 0.3) is 11.4 Å². The van der Waals surface area contributed by atoms with Crippen molar-refractivity contribution in [3.05, 3.63) is 29.8 Å². The predicted octanol–water partition coefficient (Wildman–Crippen LogP) is 4.30. The number of carbonyl (C=O) groups excluding carboxylic acids is 1. The molecule has 2 aromatic rings. The van der Waals surface area contributed by atoms with Gasteiger partial charge in [0.2, 0.25) is 5.91 Å². The van der Waals surface area contributed by atoms with E-state index in [1.807, 2.05) is 12.1 Å². The minimum atomic E-state index is 0.275. The molecule has 1 aromatic heterocycles. The van der Waals surface area contributed by atoms with Crippen molar-refractivity contribution in [3.63, 3.8) is 0 Å². The SMILES string of the molecule is CCn1c(SCC(=O)N(C2CCCC2)C2CC2)nnc1-c1ccccc1C. The molecular weight excluding hydrogens is 356 g/mol. The van der Waals surface area contributed by atoms with Crippen LogP contribution in [0.3, 0.4) is 0 Å². The number of carbonyl (C=O) groups is 1. The molecule has 2 fully saturated rings. The number of nitrogens with zero attached hydrogens (tertiary/aromatic N) is 4. The lowest BCUT2D eigenvalue weighted by atomic mass is 10.1. The van der Waals surface area contributed by atoms with Crippen LogP contribution < -0.4 is 0 Å². The van der Waals surface area contributed by atoms with Crippen LogP contribution in [0.5, 0.6) is 0 Å². The largest absolute Gasteiger partial charge is 0.336 e. The second kappa shape index (κ2) is 8.05. The molecular formula is C21H28N4OS. The first-order chi connectivity index (χ1) is 13.2. The Balaban J connectivity index is 1.48. The van der Waals surface area contributed by atoms with Gasteiger partial charge in [0.1, 0.15) is 0 Å². The molecule has 4 rings (SSSR count). The Kier molecular flexibility index (Phi) is 5.53. The zero-order chi connectivity index (χ0) is 18.8. The number of rotatable bonds is 7. The molecule has 0 saturated heterocycles. The third kappa shape index (κ3) is 3.91. The number of aryl methyl sites for hydroxylation is 1. The van der Waals surface area contributed by atoms with Gasteiger partial charge in [-0.25, -0.2) is 0 Å². The Bertz CT molecular complexity index is 808. The summed E-state index contributed by atoms with van der Waals surface area (Å²) in [6.07, 6.45) is 7.23. The van der Waals surface area contributed by atoms with Crippen LogP contribution >= 0.6 is 11.8 Å². The highest BCUT2D eigenvalue weighted by atomic mass is 32.2. The van der Waals surface area contributed by atoms with Crippen LogP contribution in [-0.2, 0) is 11.3 Å². The predicted molar refractivity (Wildman–Crippen MR) is 109 cm³/mol. The van der Waals surface area contributed by atoms with E-state index in [1.165, 1.54) is 55.9 Å². The zero-order valence-corrected chi connectivity index (χ0v) is 17.0. The second-order valence-corrected chi connectivity index (χ2v) is 8.57. The molecule has 0 atom stereocenters. The van der Waals surface area contributed by atoms with E-state index in [4.69, 9.17) is 0 Å². The summed E-state index contributed by atoms with van der Waals surface area (Å²) >= 11 is 1.53. The Morgan fingerprint density at radius 2 is 1.85 bits per heavy atom. The van der Waals surface area contributed by atoms with Gasteiger partial charge in [-0.2, -0.15) is 0 Å². The number of amides is 1. The van der Waals surface area contributed by atoms with Gasteiger partial charge in [0.25, 0.3) is 0 Å². The first-order valence-corrected chi connectivity index (χ1v) is 11.1. The summed E-state index contributed by atoms with van der Waals surface area (Å²) in [4.78, 5) is 15.2. The molecule has 0 bridgehead atoms. The van der Waals surface area contributed by atoms with E-state index in [-0.39, 0.29) is 5.91 Å². The first kappa shape index (κ1) is 18.5. The van der Waals surface area contributed by atoms with Crippen LogP contribution in [0.2, 0.25) is 0 Å². The molecule has 2 aliphatic carbocycles. The van der Waals surface area contributed by atoms with E-state index in [0.717, 1.165) is 23.1 Å². The fraction of sp³-hybridized carbons (Fsp3) is 0.571. The van der Waals surface area contributed by atoms with Gasteiger partial charge >= 0.3 is 0 Å². The summed E-state index contributed by atoms with van der Waals surface area (Å²) in [6.45, 7) is 4.99. The molecule has 1 amide bonds. The highest BCUT2D eigenvalue weighted by molar-refractivity contribution is 7.99. The fourth-order valence-corrected chi connectivity index (χ4v) is 5.02. The molecule has 2 aliphatic rings. The lowest BCUT2D eigenvalue weighted by molar-refractivity contribution is -0.131. The quantitative estimate of drug-likeness (QED) is 0.668. The number of aromatic nitrogens is 3. The van der Waals surface area contributed by atoms with Crippen LogP contribution in [0.4, 0.5) is 0 Å². The molecule has 0 spiro atoms. The summed E-state index contributed by atoms with van der Waals surface area (Å²) in [5.74, 6) is 1.62. The normalized spacial score (nSPS) is 17.4. The number of thioether (sulfide) groups is 1. The summed E-state index contributed by atoms with van der Waals surface area (Å²) in [5, 5.41) is 9.67. The van der Waals surface area contributed by atoms with Crippen molar-refractivity contribution >= 4 is 17.7 Å². The van der Waals surface area contributed by atoms with E-state index in [2.05, 4.69) is 45.6 Å². The topological polar surface area (TPSA) is 51.0 Å². The van der Waals surface area contributed by atoms with Gasteiger partial charge in [-0.15, -0.1) is 10.2 Å². The number of benzene rings is 1. The van der Waals surface area contributed by atoms with Crippen molar-refractivity contribution in [2.24, 2.45) is 0 Å². The highest BCUT2D eigenvalue weighted by Crippen LogP contribution is 2.35. The molecule has 1 heterocycles. The smallest absolute Gasteiger partial charge is 0.233 e. The van der Waals surface area contributed by atoms with Crippen LogP contribution in [-0.4, -0.2) is 43.4 Å². The lowest BCUT2D eigenvalue weighted by Gasteiger charge is -2.29. The second-order valence-electron chi connectivity index (χ2n) is 7.62.